The molecule has 0 aliphatic rings. The molecule has 0 radical (unpaired) electrons. The van der Waals surface area contributed by atoms with Crippen molar-refractivity contribution in [3.63, 3.8) is 0 Å². The first kappa shape index (κ1) is 14.0. The van der Waals surface area contributed by atoms with Gasteiger partial charge in [-0.2, -0.15) is 0 Å². The van der Waals surface area contributed by atoms with Gasteiger partial charge in [-0.1, -0.05) is 24.0 Å². The van der Waals surface area contributed by atoms with Crippen molar-refractivity contribution in [1.82, 2.24) is 5.32 Å². The third-order valence-corrected chi connectivity index (χ3v) is 2.49. The lowest BCUT2D eigenvalue weighted by Gasteiger charge is -2.01. The van der Waals surface area contributed by atoms with Crippen LogP contribution < -0.4 is 5.32 Å². The van der Waals surface area contributed by atoms with E-state index >= 15 is 0 Å². The Morgan fingerprint density at radius 2 is 2.00 bits per heavy atom. The standard InChI is InChI=1S/C15H17NO2/c1-11-7-8-15(12(2)17)10-14(11)6-4-5-9-16-13(3)18/h7-8,10H,5,9H2,1-3H3,(H,16,18). The van der Waals surface area contributed by atoms with Gasteiger partial charge in [0.05, 0.1) is 0 Å². The van der Waals surface area contributed by atoms with Gasteiger partial charge in [-0.15, -0.1) is 0 Å². The van der Waals surface area contributed by atoms with E-state index < -0.39 is 0 Å². The summed E-state index contributed by atoms with van der Waals surface area (Å²) in [7, 11) is 0. The molecule has 0 saturated heterocycles. The predicted molar refractivity (Wildman–Crippen MR) is 71.4 cm³/mol. The van der Waals surface area contributed by atoms with E-state index in [1.54, 1.807) is 13.0 Å². The van der Waals surface area contributed by atoms with E-state index in [-0.39, 0.29) is 11.7 Å². The van der Waals surface area contributed by atoms with E-state index in [0.717, 1.165) is 11.1 Å². The van der Waals surface area contributed by atoms with Crippen LogP contribution in [0.1, 0.15) is 41.8 Å². The summed E-state index contributed by atoms with van der Waals surface area (Å²) in [4.78, 5) is 21.9. The third kappa shape index (κ3) is 4.42. The van der Waals surface area contributed by atoms with Crippen LogP contribution in [0.5, 0.6) is 0 Å². The molecule has 1 rings (SSSR count). The lowest BCUT2D eigenvalue weighted by molar-refractivity contribution is -0.118. The molecule has 3 nitrogen and oxygen atoms in total. The molecule has 0 aliphatic heterocycles. The van der Waals surface area contributed by atoms with E-state index in [4.69, 9.17) is 0 Å². The number of aryl methyl sites for hydroxylation is 1. The number of amides is 1. The van der Waals surface area contributed by atoms with Crippen molar-refractivity contribution in [3.05, 3.63) is 34.9 Å². The highest BCUT2D eigenvalue weighted by molar-refractivity contribution is 5.94. The number of rotatable bonds is 3. The molecule has 0 fully saturated rings. The average Bonchev–Trinajstić information content (AvgIpc) is 2.30. The highest BCUT2D eigenvalue weighted by atomic mass is 16.1. The zero-order valence-corrected chi connectivity index (χ0v) is 11.0. The fourth-order valence-electron chi connectivity index (χ4n) is 1.43. The first-order valence-electron chi connectivity index (χ1n) is 5.85. The molecule has 1 N–H and O–H groups in total. The van der Waals surface area contributed by atoms with E-state index in [0.29, 0.717) is 18.5 Å². The molecule has 0 heterocycles. The smallest absolute Gasteiger partial charge is 0.216 e. The SMILES string of the molecule is CC(=O)NCCC#Cc1cc(C(C)=O)ccc1C. The number of benzene rings is 1. The molecule has 1 aromatic carbocycles. The zero-order chi connectivity index (χ0) is 13.5. The number of carbonyl (C=O) groups excluding carboxylic acids is 2. The molecule has 1 aromatic rings. The number of hydrogen-bond donors (Lipinski definition) is 1. The molecule has 0 unspecified atom stereocenters. The van der Waals surface area contributed by atoms with Crippen LogP contribution in [0.25, 0.3) is 0 Å². The van der Waals surface area contributed by atoms with Gasteiger partial charge in [0.1, 0.15) is 0 Å². The summed E-state index contributed by atoms with van der Waals surface area (Å²) in [5.74, 6) is 6.01. The molecule has 0 bridgehead atoms. The van der Waals surface area contributed by atoms with Crippen molar-refractivity contribution in [2.45, 2.75) is 27.2 Å². The molecule has 0 saturated carbocycles. The Labute approximate surface area is 108 Å². The van der Waals surface area contributed by atoms with Gasteiger partial charge in [-0.05, 0) is 25.5 Å². The predicted octanol–water partition coefficient (Wildman–Crippen LogP) is 2.08. The van der Waals surface area contributed by atoms with E-state index in [1.165, 1.54) is 6.92 Å². The Balaban J connectivity index is 2.71. The molecular weight excluding hydrogens is 226 g/mol. The summed E-state index contributed by atoms with van der Waals surface area (Å²) in [5.41, 5.74) is 2.59. The van der Waals surface area contributed by atoms with Gasteiger partial charge in [0.2, 0.25) is 5.91 Å². The monoisotopic (exact) mass is 243 g/mol. The summed E-state index contributed by atoms with van der Waals surface area (Å²) < 4.78 is 0. The van der Waals surface area contributed by atoms with Crippen molar-refractivity contribution in [2.75, 3.05) is 6.54 Å². The van der Waals surface area contributed by atoms with Gasteiger partial charge < -0.3 is 5.32 Å². The Bertz CT molecular complexity index is 521. The zero-order valence-electron chi connectivity index (χ0n) is 11.0. The first-order valence-corrected chi connectivity index (χ1v) is 5.85. The fraction of sp³-hybridized carbons (Fsp3) is 0.333. The molecule has 3 heteroatoms. The Hall–Kier alpha value is -2.08. The van der Waals surface area contributed by atoms with Crippen LogP contribution in [-0.4, -0.2) is 18.2 Å². The topological polar surface area (TPSA) is 46.2 Å². The fourth-order valence-corrected chi connectivity index (χ4v) is 1.43. The molecule has 18 heavy (non-hydrogen) atoms. The number of nitrogens with one attached hydrogen (secondary N) is 1. The van der Waals surface area contributed by atoms with Crippen molar-refractivity contribution < 1.29 is 9.59 Å². The lowest BCUT2D eigenvalue weighted by Crippen LogP contribution is -2.20. The Morgan fingerprint density at radius 3 is 2.61 bits per heavy atom. The quantitative estimate of drug-likeness (QED) is 0.502. The van der Waals surface area contributed by atoms with Gasteiger partial charge >= 0.3 is 0 Å². The summed E-state index contributed by atoms with van der Waals surface area (Å²) in [6.07, 6.45) is 0.601. The van der Waals surface area contributed by atoms with Crippen molar-refractivity contribution in [3.8, 4) is 11.8 Å². The van der Waals surface area contributed by atoms with Crippen LogP contribution in [0.4, 0.5) is 0 Å². The molecule has 0 aliphatic carbocycles. The maximum Gasteiger partial charge on any atom is 0.216 e. The van der Waals surface area contributed by atoms with Crippen LogP contribution in [-0.2, 0) is 4.79 Å². The number of carbonyl (C=O) groups is 2. The lowest BCUT2D eigenvalue weighted by atomic mass is 10.0. The number of hydrogen-bond acceptors (Lipinski definition) is 2. The normalized spacial score (nSPS) is 9.28. The van der Waals surface area contributed by atoms with Gasteiger partial charge in [0, 0.05) is 31.0 Å². The molecule has 0 atom stereocenters. The summed E-state index contributed by atoms with van der Waals surface area (Å²) in [6, 6.07) is 5.51. The van der Waals surface area contributed by atoms with Crippen LogP contribution >= 0.6 is 0 Å². The highest BCUT2D eigenvalue weighted by Crippen LogP contribution is 2.10. The molecular formula is C15H17NO2. The highest BCUT2D eigenvalue weighted by Gasteiger charge is 2.01. The molecule has 0 aromatic heterocycles. The Morgan fingerprint density at radius 1 is 1.28 bits per heavy atom. The van der Waals surface area contributed by atoms with Gasteiger partial charge in [0.25, 0.3) is 0 Å². The van der Waals surface area contributed by atoms with Gasteiger partial charge in [-0.25, -0.2) is 0 Å². The average molecular weight is 243 g/mol. The first-order chi connectivity index (χ1) is 8.50. The van der Waals surface area contributed by atoms with E-state index in [9.17, 15) is 9.59 Å². The van der Waals surface area contributed by atoms with Crippen molar-refractivity contribution >= 4 is 11.7 Å². The second-order valence-electron chi connectivity index (χ2n) is 4.12. The summed E-state index contributed by atoms with van der Waals surface area (Å²) in [5, 5.41) is 2.68. The van der Waals surface area contributed by atoms with Crippen molar-refractivity contribution in [1.29, 1.82) is 0 Å². The van der Waals surface area contributed by atoms with E-state index in [2.05, 4.69) is 17.2 Å². The summed E-state index contributed by atoms with van der Waals surface area (Å²) in [6.45, 7) is 5.53. The molecule has 0 spiro atoms. The minimum Gasteiger partial charge on any atom is -0.355 e. The van der Waals surface area contributed by atoms with Crippen LogP contribution in [0.3, 0.4) is 0 Å². The molecule has 1 amide bonds. The summed E-state index contributed by atoms with van der Waals surface area (Å²) >= 11 is 0. The largest absolute Gasteiger partial charge is 0.355 e. The minimum atomic E-state index is -0.0495. The van der Waals surface area contributed by atoms with Crippen LogP contribution in [0.2, 0.25) is 0 Å². The second kappa shape index (κ2) is 6.61. The van der Waals surface area contributed by atoms with Gasteiger partial charge in [0.15, 0.2) is 5.78 Å². The van der Waals surface area contributed by atoms with Gasteiger partial charge in [-0.3, -0.25) is 9.59 Å². The van der Waals surface area contributed by atoms with Crippen molar-refractivity contribution in [2.24, 2.45) is 0 Å². The maximum atomic E-state index is 11.3. The second-order valence-corrected chi connectivity index (χ2v) is 4.12. The number of Topliss-reactive ketones (excluding diaryl/α,β-unsaturated/α-hetero) is 1. The minimum absolute atomic E-state index is 0.0382. The molecule has 94 valence electrons. The van der Waals surface area contributed by atoms with E-state index in [1.807, 2.05) is 19.1 Å². The van der Waals surface area contributed by atoms with Crippen LogP contribution in [0.15, 0.2) is 18.2 Å². The Kier molecular flexibility index (Phi) is 5.13. The maximum absolute atomic E-state index is 11.3. The third-order valence-electron chi connectivity index (χ3n) is 2.49. The number of ketones is 1. The van der Waals surface area contributed by atoms with Crippen LogP contribution in [0, 0.1) is 18.8 Å².